The molecule has 3 aromatic rings. The first kappa shape index (κ1) is 21.4. The van der Waals surface area contributed by atoms with E-state index in [1.165, 1.54) is 18.3 Å². The Hall–Kier alpha value is -2.35. The van der Waals surface area contributed by atoms with E-state index in [1.807, 2.05) is 48.9 Å². The average Bonchev–Trinajstić information content (AvgIpc) is 3.16. The number of thiazole rings is 1. The molecule has 0 spiro atoms. The Morgan fingerprint density at radius 3 is 2.55 bits per heavy atom. The maximum atomic E-state index is 12.6. The number of rotatable bonds is 6. The predicted molar refractivity (Wildman–Crippen MR) is 121 cm³/mol. The number of benzene rings is 2. The highest BCUT2D eigenvalue weighted by molar-refractivity contribution is 7.98. The second-order valence-electron chi connectivity index (χ2n) is 6.38. The summed E-state index contributed by atoms with van der Waals surface area (Å²) < 4.78 is 0. The van der Waals surface area contributed by atoms with Crippen LogP contribution >= 0.6 is 34.7 Å². The van der Waals surface area contributed by atoms with E-state index in [1.54, 1.807) is 23.9 Å². The Morgan fingerprint density at radius 2 is 1.90 bits per heavy atom. The molecule has 1 unspecified atom stereocenters. The van der Waals surface area contributed by atoms with Crippen LogP contribution in [0.1, 0.15) is 35.8 Å². The minimum atomic E-state index is -0.286. The summed E-state index contributed by atoms with van der Waals surface area (Å²) in [6.07, 6.45) is 1.94. The van der Waals surface area contributed by atoms with E-state index < -0.39 is 0 Å². The molecule has 2 N–H and O–H groups in total. The minimum Gasteiger partial charge on any atom is -0.350 e. The third-order valence-electron chi connectivity index (χ3n) is 4.27. The van der Waals surface area contributed by atoms with E-state index in [4.69, 9.17) is 11.6 Å². The van der Waals surface area contributed by atoms with Gasteiger partial charge in [-0.2, -0.15) is 0 Å². The number of hydrogen-bond acceptors (Lipinski definition) is 5. The fourth-order valence-electron chi connectivity index (χ4n) is 2.76. The van der Waals surface area contributed by atoms with E-state index in [9.17, 15) is 9.59 Å². The molecule has 0 aliphatic heterocycles. The lowest BCUT2D eigenvalue weighted by Gasteiger charge is -2.13. The summed E-state index contributed by atoms with van der Waals surface area (Å²) in [6.45, 7) is 3.44. The SMILES string of the molecule is CSc1ccc(Cl)c(C(=O)Nc2nc(-c3ccc(C(C)NC(C)=O)cc3)cs2)c1. The van der Waals surface area contributed by atoms with Crippen molar-refractivity contribution in [2.75, 3.05) is 11.6 Å². The van der Waals surface area contributed by atoms with Crippen LogP contribution in [0.3, 0.4) is 0 Å². The number of carbonyl (C=O) groups excluding carboxylic acids is 2. The van der Waals surface area contributed by atoms with Crippen LogP contribution in [0.15, 0.2) is 52.7 Å². The number of nitrogens with zero attached hydrogens (tertiary/aromatic N) is 1. The molecule has 1 heterocycles. The standard InChI is InChI=1S/C21H20ClN3O2S2/c1-12(23-13(2)26)14-4-6-15(7-5-14)19-11-29-21(24-19)25-20(27)17-10-16(28-3)8-9-18(17)22/h4-12H,1-3H3,(H,23,26)(H,24,25,27). The third-order valence-corrected chi connectivity index (χ3v) is 6.08. The zero-order valence-corrected chi connectivity index (χ0v) is 18.5. The lowest BCUT2D eigenvalue weighted by atomic mass is 10.1. The Balaban J connectivity index is 1.72. The number of hydrogen-bond donors (Lipinski definition) is 2. The smallest absolute Gasteiger partial charge is 0.258 e. The van der Waals surface area contributed by atoms with Crippen molar-refractivity contribution in [3.63, 3.8) is 0 Å². The first-order chi connectivity index (χ1) is 13.9. The van der Waals surface area contributed by atoms with Gasteiger partial charge in [-0.05, 0) is 36.9 Å². The van der Waals surface area contributed by atoms with Crippen LogP contribution in [-0.4, -0.2) is 23.1 Å². The van der Waals surface area contributed by atoms with Crippen molar-refractivity contribution in [3.8, 4) is 11.3 Å². The van der Waals surface area contributed by atoms with Crippen molar-refractivity contribution in [1.29, 1.82) is 0 Å². The summed E-state index contributed by atoms with van der Waals surface area (Å²) in [5, 5.41) is 8.48. The number of nitrogens with one attached hydrogen (secondary N) is 2. The van der Waals surface area contributed by atoms with Crippen LogP contribution in [0, 0.1) is 0 Å². The normalized spacial score (nSPS) is 11.7. The summed E-state index contributed by atoms with van der Waals surface area (Å²) in [6, 6.07) is 13.1. The third kappa shape index (κ3) is 5.38. The van der Waals surface area contributed by atoms with E-state index in [-0.39, 0.29) is 17.9 Å². The van der Waals surface area contributed by atoms with Gasteiger partial charge in [-0.25, -0.2) is 4.98 Å². The molecule has 0 aliphatic rings. The fraction of sp³-hybridized carbons (Fsp3) is 0.190. The zero-order valence-electron chi connectivity index (χ0n) is 16.2. The van der Waals surface area contributed by atoms with Crippen molar-refractivity contribution in [2.45, 2.75) is 24.8 Å². The molecule has 0 fully saturated rings. The van der Waals surface area contributed by atoms with E-state index >= 15 is 0 Å². The number of halogens is 1. The van der Waals surface area contributed by atoms with Gasteiger partial charge in [-0.15, -0.1) is 23.1 Å². The lowest BCUT2D eigenvalue weighted by molar-refractivity contribution is -0.119. The Bertz CT molecular complexity index is 1030. The van der Waals surface area contributed by atoms with Crippen LogP contribution in [0.2, 0.25) is 5.02 Å². The van der Waals surface area contributed by atoms with Gasteiger partial charge in [-0.1, -0.05) is 35.9 Å². The molecule has 0 radical (unpaired) electrons. The van der Waals surface area contributed by atoms with Crippen LogP contribution in [0.5, 0.6) is 0 Å². The summed E-state index contributed by atoms with van der Waals surface area (Å²) in [4.78, 5) is 29.3. The molecule has 0 saturated heterocycles. The molecule has 29 heavy (non-hydrogen) atoms. The van der Waals surface area contributed by atoms with Crippen molar-refractivity contribution in [3.05, 3.63) is 64.0 Å². The molecule has 2 amide bonds. The lowest BCUT2D eigenvalue weighted by Crippen LogP contribution is -2.23. The highest BCUT2D eigenvalue weighted by Crippen LogP contribution is 2.28. The minimum absolute atomic E-state index is 0.0615. The number of aromatic nitrogens is 1. The average molecular weight is 446 g/mol. The zero-order chi connectivity index (χ0) is 21.0. The number of amides is 2. The summed E-state index contributed by atoms with van der Waals surface area (Å²) in [7, 11) is 0. The monoisotopic (exact) mass is 445 g/mol. The molecule has 150 valence electrons. The fourth-order valence-corrected chi connectivity index (χ4v) is 4.12. The summed E-state index contributed by atoms with van der Waals surface area (Å²) in [5.41, 5.74) is 3.14. The highest BCUT2D eigenvalue weighted by Gasteiger charge is 2.14. The molecule has 8 heteroatoms. The topological polar surface area (TPSA) is 71.1 Å². The van der Waals surface area contributed by atoms with Gasteiger partial charge in [0.1, 0.15) is 0 Å². The molecule has 0 aliphatic carbocycles. The first-order valence-electron chi connectivity index (χ1n) is 8.85. The van der Waals surface area contributed by atoms with Gasteiger partial charge in [-0.3, -0.25) is 14.9 Å². The Morgan fingerprint density at radius 1 is 1.17 bits per heavy atom. The molecule has 2 aromatic carbocycles. The van der Waals surface area contributed by atoms with Crippen molar-refractivity contribution < 1.29 is 9.59 Å². The van der Waals surface area contributed by atoms with Crippen LogP contribution in [-0.2, 0) is 4.79 Å². The maximum Gasteiger partial charge on any atom is 0.258 e. The first-order valence-corrected chi connectivity index (χ1v) is 11.3. The quantitative estimate of drug-likeness (QED) is 0.482. The maximum absolute atomic E-state index is 12.6. The number of carbonyl (C=O) groups is 2. The van der Waals surface area contributed by atoms with Crippen molar-refractivity contribution in [1.82, 2.24) is 10.3 Å². The second kappa shape index (κ2) is 9.43. The van der Waals surface area contributed by atoms with Crippen LogP contribution in [0.4, 0.5) is 5.13 Å². The number of thioether (sulfide) groups is 1. The molecule has 5 nitrogen and oxygen atoms in total. The second-order valence-corrected chi connectivity index (χ2v) is 8.53. The molecule has 0 saturated carbocycles. The van der Waals surface area contributed by atoms with E-state index in [0.717, 1.165) is 21.7 Å². The molecule has 0 bridgehead atoms. The summed E-state index contributed by atoms with van der Waals surface area (Å²) >= 11 is 9.08. The van der Waals surface area contributed by atoms with Crippen LogP contribution < -0.4 is 10.6 Å². The summed E-state index contributed by atoms with van der Waals surface area (Å²) in [5.74, 6) is -0.351. The van der Waals surface area contributed by atoms with Crippen LogP contribution in [0.25, 0.3) is 11.3 Å². The Kier molecular flexibility index (Phi) is 6.95. The number of anilines is 1. The van der Waals surface area contributed by atoms with Gasteiger partial charge >= 0.3 is 0 Å². The highest BCUT2D eigenvalue weighted by atomic mass is 35.5. The molecular formula is C21H20ClN3O2S2. The molecule has 1 atom stereocenters. The van der Waals surface area contributed by atoms with Gasteiger partial charge in [0, 0.05) is 22.8 Å². The molecular weight excluding hydrogens is 426 g/mol. The molecule has 3 rings (SSSR count). The van der Waals surface area contributed by atoms with Gasteiger partial charge in [0.2, 0.25) is 5.91 Å². The van der Waals surface area contributed by atoms with E-state index in [2.05, 4.69) is 15.6 Å². The molecule has 1 aromatic heterocycles. The van der Waals surface area contributed by atoms with Crippen molar-refractivity contribution >= 4 is 51.6 Å². The predicted octanol–water partition coefficient (Wildman–Crippen LogP) is 5.63. The van der Waals surface area contributed by atoms with Gasteiger partial charge < -0.3 is 5.32 Å². The van der Waals surface area contributed by atoms with Gasteiger partial charge in [0.25, 0.3) is 5.91 Å². The Labute approximate surface area is 182 Å². The van der Waals surface area contributed by atoms with Gasteiger partial charge in [0.15, 0.2) is 5.13 Å². The van der Waals surface area contributed by atoms with Crippen molar-refractivity contribution in [2.24, 2.45) is 0 Å². The largest absolute Gasteiger partial charge is 0.350 e. The van der Waals surface area contributed by atoms with Gasteiger partial charge in [0.05, 0.1) is 22.3 Å². The van der Waals surface area contributed by atoms with E-state index in [0.29, 0.717) is 15.7 Å².